The van der Waals surface area contributed by atoms with Gasteiger partial charge in [0.2, 0.25) is 5.95 Å². The van der Waals surface area contributed by atoms with Gasteiger partial charge in [-0.05, 0) is 37.6 Å². The summed E-state index contributed by atoms with van der Waals surface area (Å²) in [6, 6.07) is 8.98. The van der Waals surface area contributed by atoms with Crippen LogP contribution in [0.15, 0.2) is 42.7 Å². The largest absolute Gasteiger partial charge is 0.505 e. The van der Waals surface area contributed by atoms with Gasteiger partial charge in [-0.25, -0.2) is 4.98 Å². The highest BCUT2D eigenvalue weighted by Gasteiger charge is 2.11. The van der Waals surface area contributed by atoms with Crippen molar-refractivity contribution in [2.24, 2.45) is 0 Å². The number of nitrogens with zero attached hydrogens (tertiary/aromatic N) is 3. The summed E-state index contributed by atoms with van der Waals surface area (Å²) in [5.74, 6) is 0.915. The van der Waals surface area contributed by atoms with Crippen LogP contribution >= 0.6 is 23.2 Å². The summed E-state index contributed by atoms with van der Waals surface area (Å²) in [5.41, 5.74) is 2.20. The van der Waals surface area contributed by atoms with Crippen molar-refractivity contribution in [3.05, 3.63) is 52.8 Å². The Morgan fingerprint density at radius 1 is 1.15 bits per heavy atom. The van der Waals surface area contributed by atoms with Crippen LogP contribution < -0.4 is 10.6 Å². The van der Waals surface area contributed by atoms with Crippen molar-refractivity contribution in [1.29, 1.82) is 0 Å². The molecule has 3 aromatic rings. The third kappa shape index (κ3) is 4.78. The van der Waals surface area contributed by atoms with Gasteiger partial charge < -0.3 is 15.7 Å². The fourth-order valence-electron chi connectivity index (χ4n) is 2.35. The lowest BCUT2D eigenvalue weighted by Crippen LogP contribution is -2.16. The molecule has 0 radical (unpaired) electrons. The summed E-state index contributed by atoms with van der Waals surface area (Å²) in [6.07, 6.45) is 4.39. The van der Waals surface area contributed by atoms with Crippen molar-refractivity contribution in [3.63, 3.8) is 0 Å². The number of pyridine rings is 1. The van der Waals surface area contributed by atoms with E-state index in [1.165, 1.54) is 0 Å². The molecular weight excluding hydrogens is 385 g/mol. The maximum absolute atomic E-state index is 9.73. The zero-order valence-electron chi connectivity index (χ0n) is 14.9. The van der Waals surface area contributed by atoms with E-state index in [4.69, 9.17) is 23.2 Å². The first-order valence-corrected chi connectivity index (χ1v) is 9.23. The molecule has 27 heavy (non-hydrogen) atoms. The van der Waals surface area contributed by atoms with E-state index in [0.717, 1.165) is 17.7 Å². The van der Waals surface area contributed by atoms with Crippen LogP contribution in [-0.4, -0.2) is 26.1 Å². The number of phenolic OH excluding ortho intramolecular Hbond substituents is 1. The van der Waals surface area contributed by atoms with Gasteiger partial charge in [0, 0.05) is 35.8 Å². The lowest BCUT2D eigenvalue weighted by Gasteiger charge is -2.15. The van der Waals surface area contributed by atoms with Crippen LogP contribution in [0, 0.1) is 0 Å². The molecule has 0 unspecified atom stereocenters. The highest BCUT2D eigenvalue weighted by molar-refractivity contribution is 6.37. The summed E-state index contributed by atoms with van der Waals surface area (Å²) in [7, 11) is 0. The molecule has 1 atom stereocenters. The predicted molar refractivity (Wildman–Crippen MR) is 110 cm³/mol. The van der Waals surface area contributed by atoms with E-state index >= 15 is 0 Å². The van der Waals surface area contributed by atoms with E-state index in [0.29, 0.717) is 17.5 Å². The first-order valence-electron chi connectivity index (χ1n) is 8.47. The molecule has 2 heterocycles. The van der Waals surface area contributed by atoms with Crippen molar-refractivity contribution in [2.45, 2.75) is 26.3 Å². The molecule has 0 bridgehead atoms. The Labute approximate surface area is 167 Å². The van der Waals surface area contributed by atoms with E-state index < -0.39 is 0 Å². The molecule has 0 aliphatic rings. The molecular formula is C19H19Cl2N5O. The number of halogens is 2. The molecule has 6 nitrogen and oxygen atoms in total. The molecule has 140 valence electrons. The summed E-state index contributed by atoms with van der Waals surface area (Å²) in [5, 5.41) is 16.5. The standard InChI is InChI=1S/C19H19Cl2N5O/c1-3-11(2)23-19-25-16(12-5-4-6-22-10-12)9-17(26-19)24-13-7-14(20)18(27)15(21)8-13/h4-11,27H,3H2,1-2H3,(H2,23,24,25,26)/t11-/m0/s1. The number of rotatable bonds is 6. The molecule has 0 spiro atoms. The molecule has 3 N–H and O–H groups in total. The number of aromatic nitrogens is 3. The van der Waals surface area contributed by atoms with Crippen LogP contribution in [0.25, 0.3) is 11.3 Å². The summed E-state index contributed by atoms with van der Waals surface area (Å²) >= 11 is 12.0. The molecule has 0 amide bonds. The van der Waals surface area contributed by atoms with Crippen LogP contribution in [0.3, 0.4) is 0 Å². The average Bonchev–Trinajstić information content (AvgIpc) is 2.66. The minimum absolute atomic E-state index is 0.151. The number of hydrogen-bond donors (Lipinski definition) is 3. The monoisotopic (exact) mass is 403 g/mol. The quantitative estimate of drug-likeness (QED) is 0.470. The average molecular weight is 404 g/mol. The molecule has 0 saturated heterocycles. The summed E-state index contributed by atoms with van der Waals surface area (Å²) in [6.45, 7) is 4.15. The Bertz CT molecular complexity index is 914. The van der Waals surface area contributed by atoms with Crippen LogP contribution in [0.5, 0.6) is 5.75 Å². The van der Waals surface area contributed by atoms with Crippen LogP contribution in [0.1, 0.15) is 20.3 Å². The van der Waals surface area contributed by atoms with Crippen LogP contribution in [0.2, 0.25) is 10.0 Å². The van der Waals surface area contributed by atoms with E-state index in [9.17, 15) is 5.11 Å². The predicted octanol–water partition coefficient (Wildman–Crippen LogP) is 5.51. The smallest absolute Gasteiger partial charge is 0.225 e. The molecule has 0 aliphatic heterocycles. The molecule has 3 rings (SSSR count). The van der Waals surface area contributed by atoms with E-state index in [2.05, 4.69) is 39.4 Å². The Hall–Kier alpha value is -2.57. The van der Waals surface area contributed by atoms with E-state index in [1.54, 1.807) is 24.5 Å². The first-order chi connectivity index (χ1) is 13.0. The third-order valence-electron chi connectivity index (χ3n) is 3.96. The van der Waals surface area contributed by atoms with Crippen molar-refractivity contribution in [3.8, 4) is 17.0 Å². The fraction of sp³-hybridized carbons (Fsp3) is 0.211. The minimum atomic E-state index is -0.151. The molecule has 2 aromatic heterocycles. The highest BCUT2D eigenvalue weighted by Crippen LogP contribution is 2.35. The molecule has 8 heteroatoms. The van der Waals surface area contributed by atoms with Gasteiger partial charge in [0.25, 0.3) is 0 Å². The van der Waals surface area contributed by atoms with Gasteiger partial charge in [0.15, 0.2) is 5.75 Å². The van der Waals surface area contributed by atoms with Gasteiger partial charge in [-0.15, -0.1) is 0 Å². The number of hydrogen-bond acceptors (Lipinski definition) is 6. The first kappa shape index (κ1) is 19.2. The Morgan fingerprint density at radius 3 is 2.52 bits per heavy atom. The number of aromatic hydroxyl groups is 1. The maximum atomic E-state index is 9.73. The Morgan fingerprint density at radius 2 is 1.89 bits per heavy atom. The second-order valence-corrected chi connectivity index (χ2v) is 6.89. The molecule has 0 fully saturated rings. The van der Waals surface area contributed by atoms with E-state index in [1.807, 2.05) is 18.2 Å². The number of anilines is 3. The van der Waals surface area contributed by atoms with Crippen molar-refractivity contribution < 1.29 is 5.11 Å². The highest BCUT2D eigenvalue weighted by atomic mass is 35.5. The lowest BCUT2D eigenvalue weighted by atomic mass is 10.2. The minimum Gasteiger partial charge on any atom is -0.505 e. The Kier molecular flexibility index (Phi) is 5.98. The normalized spacial score (nSPS) is 11.9. The van der Waals surface area contributed by atoms with Crippen molar-refractivity contribution in [2.75, 3.05) is 10.6 Å². The molecule has 0 saturated carbocycles. The zero-order valence-corrected chi connectivity index (χ0v) is 16.4. The third-order valence-corrected chi connectivity index (χ3v) is 4.54. The van der Waals surface area contributed by atoms with Crippen LogP contribution in [-0.2, 0) is 0 Å². The van der Waals surface area contributed by atoms with Gasteiger partial charge in [0.1, 0.15) is 5.82 Å². The number of phenols is 1. The van der Waals surface area contributed by atoms with E-state index in [-0.39, 0.29) is 21.8 Å². The lowest BCUT2D eigenvalue weighted by molar-refractivity contribution is 0.476. The van der Waals surface area contributed by atoms with Gasteiger partial charge >= 0.3 is 0 Å². The zero-order chi connectivity index (χ0) is 19.4. The fourth-order valence-corrected chi connectivity index (χ4v) is 2.83. The number of benzene rings is 1. The van der Waals surface area contributed by atoms with Gasteiger partial charge in [-0.1, -0.05) is 30.1 Å². The van der Waals surface area contributed by atoms with Crippen molar-refractivity contribution >= 4 is 40.7 Å². The molecule has 1 aromatic carbocycles. The van der Waals surface area contributed by atoms with Gasteiger partial charge in [-0.2, -0.15) is 4.98 Å². The maximum Gasteiger partial charge on any atom is 0.225 e. The summed E-state index contributed by atoms with van der Waals surface area (Å²) in [4.78, 5) is 13.3. The van der Waals surface area contributed by atoms with Crippen molar-refractivity contribution in [1.82, 2.24) is 15.0 Å². The SMILES string of the molecule is CC[C@H](C)Nc1nc(Nc2cc(Cl)c(O)c(Cl)c2)cc(-c2cccnc2)n1. The second-order valence-electron chi connectivity index (χ2n) is 6.07. The Balaban J connectivity index is 1.99. The van der Waals surface area contributed by atoms with Gasteiger partial charge in [0.05, 0.1) is 15.7 Å². The van der Waals surface area contributed by atoms with Gasteiger partial charge in [-0.3, -0.25) is 4.98 Å². The topological polar surface area (TPSA) is 83.0 Å². The number of nitrogens with one attached hydrogen (secondary N) is 2. The molecule has 0 aliphatic carbocycles. The second kappa shape index (κ2) is 8.41. The van der Waals surface area contributed by atoms with Crippen LogP contribution in [0.4, 0.5) is 17.5 Å². The summed E-state index contributed by atoms with van der Waals surface area (Å²) < 4.78 is 0.